The quantitative estimate of drug-likeness (QED) is 0.0385. The topological polar surface area (TPSA) is 208 Å². The predicted molar refractivity (Wildman–Crippen MR) is 209 cm³/mol. The zero-order valence-electron chi connectivity index (χ0n) is 32.7. The molecule has 4 amide bonds. The molecule has 300 valence electrons. The van der Waals surface area contributed by atoms with Crippen molar-refractivity contribution in [2.45, 2.75) is 90.2 Å². The zero-order chi connectivity index (χ0) is 40.8. The minimum atomic E-state index is -1.61. The van der Waals surface area contributed by atoms with Crippen molar-refractivity contribution in [2.24, 2.45) is 5.16 Å². The summed E-state index contributed by atoms with van der Waals surface area (Å²) < 4.78 is 16.3. The molecule has 3 aromatic rings. The number of nitrogens with zero attached hydrogens (tertiary/aromatic N) is 2. The van der Waals surface area contributed by atoms with Crippen molar-refractivity contribution < 1.29 is 43.0 Å². The lowest BCUT2D eigenvalue weighted by molar-refractivity contribution is -0.179. The smallest absolute Gasteiger partial charge is 0.413 e. The number of nitrogens with one attached hydrogen (secondary N) is 5. The lowest BCUT2D eigenvalue weighted by atomic mass is 9.98. The molecule has 5 N–H and O–H groups in total. The van der Waals surface area contributed by atoms with Gasteiger partial charge in [-0.15, -0.1) is 11.3 Å². The Labute approximate surface area is 329 Å². The SMILES string of the molecule is CC(C)(C)OC(=O)Nc1nc(C(=NOC(C)(C)C(=O)OC(C)(C)C)C(=O)N[C@@H]2C(=O)N[C@@H]2CNCCNC(=O)OCC2c3ccccc3-c3ccccc32)cs1. The fourth-order valence-corrected chi connectivity index (χ4v) is 6.46. The third-order valence-corrected chi connectivity index (χ3v) is 9.16. The summed E-state index contributed by atoms with van der Waals surface area (Å²) in [5.74, 6) is -2.03. The van der Waals surface area contributed by atoms with Gasteiger partial charge < -0.3 is 40.3 Å². The highest BCUT2D eigenvalue weighted by Crippen LogP contribution is 2.44. The monoisotopic (exact) mass is 791 g/mol. The molecule has 56 heavy (non-hydrogen) atoms. The van der Waals surface area contributed by atoms with Crippen LogP contribution in [-0.2, 0) is 33.4 Å². The molecular weight excluding hydrogens is 743 g/mol. The first-order chi connectivity index (χ1) is 26.3. The second-order valence-corrected chi connectivity index (χ2v) is 16.6. The van der Waals surface area contributed by atoms with E-state index in [0.717, 1.165) is 33.6 Å². The van der Waals surface area contributed by atoms with Crippen molar-refractivity contribution in [3.63, 3.8) is 0 Å². The van der Waals surface area contributed by atoms with Crippen molar-refractivity contribution >= 4 is 52.2 Å². The van der Waals surface area contributed by atoms with E-state index in [9.17, 15) is 24.0 Å². The molecule has 5 rings (SSSR count). The number of hydrogen-bond donors (Lipinski definition) is 5. The fourth-order valence-electron chi connectivity index (χ4n) is 5.78. The average molecular weight is 792 g/mol. The van der Waals surface area contributed by atoms with Crippen LogP contribution in [0.1, 0.15) is 78.1 Å². The molecule has 1 aliphatic carbocycles. The summed E-state index contributed by atoms with van der Waals surface area (Å²) in [5, 5.41) is 19.4. The number of aromatic nitrogens is 1. The summed E-state index contributed by atoms with van der Waals surface area (Å²) in [4.78, 5) is 73.8. The van der Waals surface area contributed by atoms with E-state index >= 15 is 0 Å². The Hall–Kier alpha value is -5.55. The summed E-state index contributed by atoms with van der Waals surface area (Å²) in [7, 11) is 0. The van der Waals surface area contributed by atoms with E-state index in [1.54, 1.807) is 41.5 Å². The van der Waals surface area contributed by atoms with Crippen LogP contribution < -0.4 is 26.6 Å². The Morgan fingerprint density at radius 2 is 1.48 bits per heavy atom. The third kappa shape index (κ3) is 10.8. The predicted octanol–water partition coefficient (Wildman–Crippen LogP) is 4.44. The molecule has 16 nitrogen and oxygen atoms in total. The van der Waals surface area contributed by atoms with Crippen LogP contribution in [0, 0.1) is 0 Å². The van der Waals surface area contributed by atoms with Gasteiger partial charge in [-0.1, -0.05) is 53.7 Å². The van der Waals surface area contributed by atoms with E-state index in [0.29, 0.717) is 6.54 Å². The van der Waals surface area contributed by atoms with Crippen LogP contribution in [-0.4, -0.2) is 95.8 Å². The number of benzene rings is 2. The van der Waals surface area contributed by atoms with Gasteiger partial charge in [0, 0.05) is 30.9 Å². The molecule has 0 spiro atoms. The minimum Gasteiger partial charge on any atom is -0.457 e. The number of carbonyl (C=O) groups is 5. The van der Waals surface area contributed by atoms with E-state index in [1.807, 2.05) is 24.3 Å². The largest absolute Gasteiger partial charge is 0.457 e. The molecule has 2 aromatic carbocycles. The first kappa shape index (κ1) is 41.6. The molecule has 2 heterocycles. The Balaban J connectivity index is 1.14. The standard InChI is InChI=1S/C39H49N7O9S/c1-37(2,3)53-33(49)39(7,8)55-46-30(28-21-56-34(43-28)45-36(51)54-38(4,5)6)32(48)44-29-27(42-31(29)47)19-40-17-18-41-35(50)52-20-26-24-15-11-9-13-22(24)23-14-10-12-16-25(23)26/h9-16,21,26-27,29,40H,17-20H2,1-8H3,(H,41,50)(H,42,47)(H,44,48)(H,43,45,51)/t27-,29+/m1/s1. The number of thiazole rings is 1. The maximum absolute atomic E-state index is 13.7. The molecule has 2 aliphatic rings. The van der Waals surface area contributed by atoms with Crippen molar-refractivity contribution in [3.8, 4) is 11.1 Å². The lowest BCUT2D eigenvalue weighted by Gasteiger charge is -2.37. The minimum absolute atomic E-state index is 0.00673. The third-order valence-electron chi connectivity index (χ3n) is 8.40. The van der Waals surface area contributed by atoms with Gasteiger partial charge in [-0.05, 0) is 77.6 Å². The Morgan fingerprint density at radius 3 is 2.09 bits per heavy atom. The van der Waals surface area contributed by atoms with Crippen LogP contribution in [0.2, 0.25) is 0 Å². The molecule has 0 unspecified atom stereocenters. The number of rotatable bonds is 14. The van der Waals surface area contributed by atoms with Crippen LogP contribution in [0.5, 0.6) is 0 Å². The Kier molecular flexibility index (Phi) is 12.7. The summed E-state index contributed by atoms with van der Waals surface area (Å²) in [6.45, 7) is 14.2. The highest BCUT2D eigenvalue weighted by atomic mass is 32.1. The van der Waals surface area contributed by atoms with Gasteiger partial charge in [-0.3, -0.25) is 14.9 Å². The zero-order valence-corrected chi connectivity index (χ0v) is 33.6. The highest BCUT2D eigenvalue weighted by Gasteiger charge is 2.42. The normalized spacial score (nSPS) is 16.7. The number of fused-ring (bicyclic) bond motifs is 3. The van der Waals surface area contributed by atoms with Crippen molar-refractivity contribution in [1.82, 2.24) is 26.3 Å². The maximum Gasteiger partial charge on any atom is 0.413 e. The molecule has 17 heteroatoms. The van der Waals surface area contributed by atoms with E-state index in [4.69, 9.17) is 19.0 Å². The molecule has 1 fully saturated rings. The molecule has 1 aromatic heterocycles. The van der Waals surface area contributed by atoms with Gasteiger partial charge in [0.05, 0.1) is 6.04 Å². The van der Waals surface area contributed by atoms with Gasteiger partial charge in [0.1, 0.15) is 29.5 Å². The van der Waals surface area contributed by atoms with E-state index in [-0.39, 0.29) is 42.2 Å². The van der Waals surface area contributed by atoms with Crippen molar-refractivity contribution in [3.05, 3.63) is 70.7 Å². The highest BCUT2D eigenvalue weighted by molar-refractivity contribution is 7.14. The second kappa shape index (κ2) is 17.1. The van der Waals surface area contributed by atoms with E-state index < -0.39 is 58.9 Å². The number of amides is 4. The lowest BCUT2D eigenvalue weighted by Crippen LogP contribution is -2.72. The van der Waals surface area contributed by atoms with Crippen LogP contribution in [0.25, 0.3) is 11.1 Å². The van der Waals surface area contributed by atoms with Crippen LogP contribution in [0.15, 0.2) is 59.1 Å². The van der Waals surface area contributed by atoms with Crippen LogP contribution in [0.3, 0.4) is 0 Å². The number of hydrogen-bond acceptors (Lipinski definition) is 13. The van der Waals surface area contributed by atoms with E-state index in [1.165, 1.54) is 19.2 Å². The number of anilines is 1. The van der Waals surface area contributed by atoms with Crippen molar-refractivity contribution in [2.75, 3.05) is 31.6 Å². The fraction of sp³-hybridized carbons (Fsp3) is 0.462. The van der Waals surface area contributed by atoms with Gasteiger partial charge in [-0.2, -0.15) is 0 Å². The van der Waals surface area contributed by atoms with Gasteiger partial charge >= 0.3 is 18.2 Å². The Morgan fingerprint density at radius 1 is 0.857 bits per heavy atom. The molecule has 0 radical (unpaired) electrons. The Bertz CT molecular complexity index is 1940. The van der Waals surface area contributed by atoms with Crippen molar-refractivity contribution in [1.29, 1.82) is 0 Å². The first-order valence-electron chi connectivity index (χ1n) is 18.2. The molecular formula is C39H49N7O9S. The molecule has 0 bridgehead atoms. The second-order valence-electron chi connectivity index (χ2n) is 15.7. The number of β-lactam (4-membered cyclic amide) rings is 1. The first-order valence-corrected chi connectivity index (χ1v) is 19.1. The van der Waals surface area contributed by atoms with Gasteiger partial charge in [-0.25, -0.2) is 19.4 Å². The molecule has 0 saturated carbocycles. The maximum atomic E-state index is 13.7. The summed E-state index contributed by atoms with van der Waals surface area (Å²) >= 11 is 0.999. The number of alkyl carbamates (subject to hydrolysis) is 1. The van der Waals surface area contributed by atoms with Crippen LogP contribution >= 0.6 is 11.3 Å². The van der Waals surface area contributed by atoms with Gasteiger partial charge in [0.15, 0.2) is 10.8 Å². The van der Waals surface area contributed by atoms with E-state index in [2.05, 4.69) is 61.0 Å². The van der Waals surface area contributed by atoms with Crippen LogP contribution in [0.4, 0.5) is 14.7 Å². The molecule has 2 atom stereocenters. The summed E-state index contributed by atoms with van der Waals surface area (Å²) in [5.41, 5.74) is 0.997. The number of ether oxygens (including phenoxy) is 3. The summed E-state index contributed by atoms with van der Waals surface area (Å²) in [6, 6.07) is 14.7. The number of esters is 1. The number of carbonyl (C=O) groups excluding carboxylic acids is 5. The van der Waals surface area contributed by atoms with Gasteiger partial charge in [0.2, 0.25) is 11.5 Å². The van der Waals surface area contributed by atoms with Gasteiger partial charge in [0.25, 0.3) is 5.91 Å². The summed E-state index contributed by atoms with van der Waals surface area (Å²) in [6.07, 6.45) is -1.30. The molecule has 1 saturated heterocycles. The average Bonchev–Trinajstić information content (AvgIpc) is 3.69. The molecule has 1 aliphatic heterocycles. The number of oxime groups is 1.